The molecule has 0 aliphatic rings. The summed E-state index contributed by atoms with van der Waals surface area (Å²) >= 11 is 5.91. The van der Waals surface area contributed by atoms with Gasteiger partial charge in [0.1, 0.15) is 5.75 Å². The van der Waals surface area contributed by atoms with E-state index in [0.717, 1.165) is 11.3 Å². The van der Waals surface area contributed by atoms with Crippen LogP contribution in [0.4, 0.5) is 5.69 Å². The van der Waals surface area contributed by atoms with Crippen molar-refractivity contribution in [3.8, 4) is 5.75 Å². The molecule has 0 aromatic heterocycles. The molecule has 0 spiro atoms. The van der Waals surface area contributed by atoms with E-state index in [1.54, 1.807) is 31.2 Å². The number of ether oxygens (including phenoxy) is 1. The van der Waals surface area contributed by atoms with Crippen molar-refractivity contribution in [3.05, 3.63) is 52.5 Å². The molecule has 1 amide bonds. The van der Waals surface area contributed by atoms with Gasteiger partial charge in [-0.15, -0.1) is 0 Å². The Kier molecular flexibility index (Phi) is 7.24. The molecule has 0 saturated carbocycles. The third-order valence-corrected chi connectivity index (χ3v) is 5.76. The summed E-state index contributed by atoms with van der Waals surface area (Å²) < 4.78 is 31.9. The lowest BCUT2D eigenvalue weighted by Crippen LogP contribution is -2.20. The van der Waals surface area contributed by atoms with Crippen LogP contribution < -0.4 is 14.8 Å². The highest BCUT2D eigenvalue weighted by Crippen LogP contribution is 2.22. The SMILES string of the molecule is CNS(=O)(=O)c1cc(NC(=O)CCCOc2ccc(Cl)cc2C)ccc1C. The van der Waals surface area contributed by atoms with Gasteiger partial charge in [0.05, 0.1) is 11.5 Å². The quantitative estimate of drug-likeness (QED) is 0.650. The number of sulfonamides is 1. The minimum Gasteiger partial charge on any atom is -0.493 e. The standard InChI is InChI=1S/C19H23ClN2O4S/c1-13-6-8-16(12-18(13)27(24,25)21-3)22-19(23)5-4-10-26-17-9-7-15(20)11-14(17)2/h6-9,11-12,21H,4-5,10H2,1-3H3,(H,22,23). The highest BCUT2D eigenvalue weighted by atomic mass is 35.5. The van der Waals surface area contributed by atoms with Crippen LogP contribution in [0.3, 0.4) is 0 Å². The van der Waals surface area contributed by atoms with Gasteiger partial charge in [-0.1, -0.05) is 17.7 Å². The lowest BCUT2D eigenvalue weighted by atomic mass is 10.2. The van der Waals surface area contributed by atoms with Gasteiger partial charge in [-0.25, -0.2) is 13.1 Å². The molecular weight excluding hydrogens is 388 g/mol. The van der Waals surface area contributed by atoms with E-state index in [2.05, 4.69) is 10.0 Å². The van der Waals surface area contributed by atoms with Gasteiger partial charge < -0.3 is 10.1 Å². The Morgan fingerprint density at radius 3 is 2.52 bits per heavy atom. The zero-order chi connectivity index (χ0) is 20.0. The summed E-state index contributed by atoms with van der Waals surface area (Å²) in [6, 6.07) is 10.2. The number of hydrogen-bond acceptors (Lipinski definition) is 4. The van der Waals surface area contributed by atoms with E-state index in [9.17, 15) is 13.2 Å². The van der Waals surface area contributed by atoms with Crippen LogP contribution in [-0.4, -0.2) is 28.0 Å². The lowest BCUT2D eigenvalue weighted by Gasteiger charge is -2.11. The molecule has 0 atom stereocenters. The summed E-state index contributed by atoms with van der Waals surface area (Å²) in [6.07, 6.45) is 0.788. The number of rotatable bonds is 8. The first kappa shape index (κ1) is 21.2. The highest BCUT2D eigenvalue weighted by Gasteiger charge is 2.15. The van der Waals surface area contributed by atoms with Crippen LogP contribution in [0.1, 0.15) is 24.0 Å². The van der Waals surface area contributed by atoms with E-state index in [0.29, 0.717) is 29.3 Å². The molecule has 2 N–H and O–H groups in total. The number of nitrogens with one attached hydrogen (secondary N) is 2. The first-order valence-electron chi connectivity index (χ1n) is 8.46. The normalized spacial score (nSPS) is 11.3. The molecular formula is C19H23ClN2O4S. The zero-order valence-corrected chi connectivity index (χ0v) is 17.1. The fraction of sp³-hybridized carbons (Fsp3) is 0.316. The van der Waals surface area contributed by atoms with Crippen molar-refractivity contribution in [3.63, 3.8) is 0 Å². The average molecular weight is 411 g/mol. The number of anilines is 1. The minimum absolute atomic E-state index is 0.143. The zero-order valence-electron chi connectivity index (χ0n) is 15.5. The molecule has 2 aromatic rings. The van der Waals surface area contributed by atoms with Crippen LogP contribution in [-0.2, 0) is 14.8 Å². The second-order valence-electron chi connectivity index (χ2n) is 6.10. The van der Waals surface area contributed by atoms with E-state index < -0.39 is 10.0 Å². The van der Waals surface area contributed by atoms with Crippen LogP contribution in [0.15, 0.2) is 41.3 Å². The molecule has 0 aliphatic heterocycles. The Hall–Kier alpha value is -2.09. The van der Waals surface area contributed by atoms with E-state index in [1.807, 2.05) is 13.0 Å². The molecule has 0 bridgehead atoms. The van der Waals surface area contributed by atoms with Gasteiger partial charge in [0.2, 0.25) is 15.9 Å². The number of halogens is 1. The Bertz CT molecular complexity index is 929. The molecule has 0 fully saturated rings. The largest absolute Gasteiger partial charge is 0.493 e. The van der Waals surface area contributed by atoms with Gasteiger partial charge in [0, 0.05) is 17.1 Å². The van der Waals surface area contributed by atoms with E-state index in [-0.39, 0.29) is 17.2 Å². The van der Waals surface area contributed by atoms with Crippen molar-refractivity contribution < 1.29 is 17.9 Å². The fourth-order valence-electron chi connectivity index (χ4n) is 2.49. The summed E-state index contributed by atoms with van der Waals surface area (Å²) in [7, 11) is -2.23. The predicted octanol–water partition coefficient (Wildman–Crippen LogP) is 3.66. The van der Waals surface area contributed by atoms with Crippen molar-refractivity contribution in [2.75, 3.05) is 19.0 Å². The highest BCUT2D eigenvalue weighted by molar-refractivity contribution is 7.89. The number of carbonyl (C=O) groups is 1. The van der Waals surface area contributed by atoms with Gasteiger partial charge >= 0.3 is 0 Å². The van der Waals surface area contributed by atoms with E-state index >= 15 is 0 Å². The van der Waals surface area contributed by atoms with E-state index in [4.69, 9.17) is 16.3 Å². The maximum Gasteiger partial charge on any atom is 0.240 e. The number of amides is 1. The van der Waals surface area contributed by atoms with Gasteiger partial charge in [0.25, 0.3) is 0 Å². The summed E-state index contributed by atoms with van der Waals surface area (Å²) in [5, 5.41) is 3.37. The maximum absolute atomic E-state index is 12.1. The Balaban J connectivity index is 1.88. The molecule has 0 unspecified atom stereocenters. The second kappa shape index (κ2) is 9.21. The predicted molar refractivity (Wildman–Crippen MR) is 107 cm³/mol. The van der Waals surface area contributed by atoms with Crippen molar-refractivity contribution in [1.29, 1.82) is 0 Å². The number of aryl methyl sites for hydroxylation is 2. The Morgan fingerprint density at radius 1 is 1.11 bits per heavy atom. The molecule has 8 heteroatoms. The summed E-state index contributed by atoms with van der Waals surface area (Å²) in [6.45, 7) is 4.00. The number of benzene rings is 2. The number of carbonyl (C=O) groups excluding carboxylic acids is 1. The Labute approximate surface area is 164 Å². The van der Waals surface area contributed by atoms with Crippen LogP contribution in [0.25, 0.3) is 0 Å². The molecule has 6 nitrogen and oxygen atoms in total. The third-order valence-electron chi connectivity index (χ3n) is 3.97. The molecule has 146 valence electrons. The summed E-state index contributed by atoms with van der Waals surface area (Å²) in [5.41, 5.74) is 1.98. The smallest absolute Gasteiger partial charge is 0.240 e. The minimum atomic E-state index is -3.58. The molecule has 27 heavy (non-hydrogen) atoms. The molecule has 2 rings (SSSR count). The van der Waals surface area contributed by atoms with Crippen LogP contribution in [0, 0.1) is 13.8 Å². The molecule has 0 aliphatic carbocycles. The second-order valence-corrected chi connectivity index (χ2v) is 8.39. The summed E-state index contributed by atoms with van der Waals surface area (Å²) in [5.74, 6) is 0.531. The van der Waals surface area contributed by atoms with Crippen molar-refractivity contribution in [2.45, 2.75) is 31.6 Å². The average Bonchev–Trinajstić information content (AvgIpc) is 2.61. The molecule has 2 aromatic carbocycles. The van der Waals surface area contributed by atoms with Gasteiger partial charge in [-0.05, 0) is 68.8 Å². The van der Waals surface area contributed by atoms with Crippen molar-refractivity contribution >= 4 is 33.2 Å². The molecule has 0 radical (unpaired) electrons. The lowest BCUT2D eigenvalue weighted by molar-refractivity contribution is -0.116. The first-order chi connectivity index (χ1) is 12.7. The fourth-order valence-corrected chi connectivity index (χ4v) is 3.71. The van der Waals surface area contributed by atoms with Crippen LogP contribution in [0.5, 0.6) is 5.75 Å². The Morgan fingerprint density at radius 2 is 1.85 bits per heavy atom. The van der Waals surface area contributed by atoms with Crippen LogP contribution >= 0.6 is 11.6 Å². The van der Waals surface area contributed by atoms with Gasteiger partial charge in [0.15, 0.2) is 0 Å². The maximum atomic E-state index is 12.1. The van der Waals surface area contributed by atoms with E-state index in [1.165, 1.54) is 13.1 Å². The van der Waals surface area contributed by atoms with Crippen molar-refractivity contribution in [2.24, 2.45) is 0 Å². The third kappa shape index (κ3) is 5.95. The van der Waals surface area contributed by atoms with Crippen molar-refractivity contribution in [1.82, 2.24) is 4.72 Å². The number of hydrogen-bond donors (Lipinski definition) is 2. The molecule has 0 heterocycles. The topological polar surface area (TPSA) is 84.5 Å². The van der Waals surface area contributed by atoms with Gasteiger partial charge in [-0.2, -0.15) is 0 Å². The van der Waals surface area contributed by atoms with Gasteiger partial charge in [-0.3, -0.25) is 4.79 Å². The molecule has 0 saturated heterocycles. The first-order valence-corrected chi connectivity index (χ1v) is 10.3. The monoisotopic (exact) mass is 410 g/mol. The summed E-state index contributed by atoms with van der Waals surface area (Å²) in [4.78, 5) is 12.2. The van der Waals surface area contributed by atoms with Crippen LogP contribution in [0.2, 0.25) is 5.02 Å².